The maximum absolute atomic E-state index is 10.6. The zero-order valence-electron chi connectivity index (χ0n) is 7.49. The van der Waals surface area contributed by atoms with Gasteiger partial charge in [-0.3, -0.25) is 4.79 Å². The lowest BCUT2D eigenvalue weighted by Crippen LogP contribution is -2.13. The van der Waals surface area contributed by atoms with Crippen molar-refractivity contribution in [2.45, 2.75) is 25.2 Å². The first-order valence-electron chi connectivity index (χ1n) is 4.63. The Morgan fingerprint density at radius 1 is 1.31 bits per heavy atom. The fourth-order valence-corrected chi connectivity index (χ4v) is 1.53. The van der Waals surface area contributed by atoms with Crippen LogP contribution in [0.5, 0.6) is 0 Å². The Morgan fingerprint density at radius 2 is 1.92 bits per heavy atom. The Bertz CT molecular complexity index is 311. The summed E-state index contributed by atoms with van der Waals surface area (Å²) in [5, 5.41) is 0. The highest BCUT2D eigenvalue weighted by Crippen LogP contribution is 2.39. The molecule has 0 atom stereocenters. The highest BCUT2D eigenvalue weighted by Gasteiger charge is 2.22. The van der Waals surface area contributed by atoms with Crippen LogP contribution in [0.15, 0.2) is 24.3 Å². The SMILES string of the molecule is NC(=O)Cc1ccc(C2CC2)cc1. The molecule has 1 amide bonds. The average Bonchev–Trinajstić information content (AvgIpc) is 2.87. The number of carbonyl (C=O) groups excluding carboxylic acids is 1. The second-order valence-corrected chi connectivity index (χ2v) is 3.66. The number of hydrogen-bond donors (Lipinski definition) is 1. The van der Waals surface area contributed by atoms with Crippen molar-refractivity contribution < 1.29 is 4.79 Å². The van der Waals surface area contributed by atoms with Crippen LogP contribution in [-0.2, 0) is 11.2 Å². The number of amides is 1. The van der Waals surface area contributed by atoms with E-state index < -0.39 is 0 Å². The van der Waals surface area contributed by atoms with Crippen molar-refractivity contribution in [1.82, 2.24) is 0 Å². The fourth-order valence-electron chi connectivity index (χ4n) is 1.53. The third-order valence-corrected chi connectivity index (χ3v) is 2.41. The van der Waals surface area contributed by atoms with Crippen LogP contribution in [0.4, 0.5) is 0 Å². The summed E-state index contributed by atoms with van der Waals surface area (Å²) >= 11 is 0. The van der Waals surface area contributed by atoms with Crippen LogP contribution in [-0.4, -0.2) is 5.91 Å². The van der Waals surface area contributed by atoms with E-state index in [0.717, 1.165) is 11.5 Å². The van der Waals surface area contributed by atoms with E-state index in [1.165, 1.54) is 18.4 Å². The lowest BCUT2D eigenvalue weighted by atomic mass is 10.1. The molecule has 1 aliphatic rings. The van der Waals surface area contributed by atoms with Crippen LogP contribution in [0.25, 0.3) is 0 Å². The van der Waals surface area contributed by atoms with Gasteiger partial charge in [0, 0.05) is 0 Å². The third kappa shape index (κ3) is 2.08. The van der Waals surface area contributed by atoms with Crippen molar-refractivity contribution in [3.8, 4) is 0 Å². The third-order valence-electron chi connectivity index (χ3n) is 2.41. The highest BCUT2D eigenvalue weighted by molar-refractivity contribution is 5.76. The zero-order chi connectivity index (χ0) is 9.26. The molecule has 2 N–H and O–H groups in total. The van der Waals surface area contributed by atoms with E-state index >= 15 is 0 Å². The summed E-state index contributed by atoms with van der Waals surface area (Å²) in [6, 6.07) is 8.21. The van der Waals surface area contributed by atoms with Gasteiger partial charge in [-0.15, -0.1) is 0 Å². The van der Waals surface area contributed by atoms with Crippen LogP contribution in [0.2, 0.25) is 0 Å². The van der Waals surface area contributed by atoms with Gasteiger partial charge in [0.25, 0.3) is 0 Å². The van der Waals surface area contributed by atoms with Gasteiger partial charge < -0.3 is 5.73 Å². The Hall–Kier alpha value is -1.31. The molecule has 0 unspecified atom stereocenters. The second-order valence-electron chi connectivity index (χ2n) is 3.66. The molecule has 1 aromatic rings. The van der Waals surface area contributed by atoms with E-state index in [4.69, 9.17) is 5.73 Å². The minimum absolute atomic E-state index is 0.265. The van der Waals surface area contributed by atoms with Gasteiger partial charge in [0.15, 0.2) is 0 Å². The van der Waals surface area contributed by atoms with Crippen molar-refractivity contribution in [1.29, 1.82) is 0 Å². The molecule has 0 bridgehead atoms. The van der Waals surface area contributed by atoms with E-state index in [9.17, 15) is 4.79 Å². The van der Waals surface area contributed by atoms with Gasteiger partial charge in [-0.2, -0.15) is 0 Å². The maximum atomic E-state index is 10.6. The molecule has 0 aliphatic heterocycles. The van der Waals surface area contributed by atoms with E-state index in [1.807, 2.05) is 12.1 Å². The predicted octanol–water partition coefficient (Wildman–Crippen LogP) is 1.59. The normalized spacial score (nSPS) is 15.7. The molecule has 2 heteroatoms. The molecule has 0 saturated heterocycles. The van der Waals surface area contributed by atoms with E-state index in [1.54, 1.807) is 0 Å². The molecule has 2 rings (SSSR count). The Labute approximate surface area is 77.8 Å². The summed E-state index contributed by atoms with van der Waals surface area (Å²) in [5.41, 5.74) is 7.50. The van der Waals surface area contributed by atoms with Crippen LogP contribution in [0, 0.1) is 0 Å². The van der Waals surface area contributed by atoms with Crippen molar-refractivity contribution in [2.24, 2.45) is 5.73 Å². The summed E-state index contributed by atoms with van der Waals surface area (Å²) in [7, 11) is 0. The molecule has 0 heterocycles. The summed E-state index contributed by atoms with van der Waals surface area (Å²) in [6.07, 6.45) is 2.98. The summed E-state index contributed by atoms with van der Waals surface area (Å²) in [4.78, 5) is 10.6. The van der Waals surface area contributed by atoms with Gasteiger partial charge in [-0.1, -0.05) is 24.3 Å². The first-order valence-corrected chi connectivity index (χ1v) is 4.63. The van der Waals surface area contributed by atoms with Gasteiger partial charge in [0.05, 0.1) is 6.42 Å². The molecule has 0 spiro atoms. The molecule has 0 aromatic heterocycles. The second kappa shape index (κ2) is 3.21. The number of rotatable bonds is 3. The Morgan fingerprint density at radius 3 is 2.38 bits per heavy atom. The van der Waals surface area contributed by atoms with Crippen molar-refractivity contribution in [2.75, 3.05) is 0 Å². The van der Waals surface area contributed by atoms with Crippen LogP contribution < -0.4 is 5.73 Å². The van der Waals surface area contributed by atoms with Gasteiger partial charge in [0.2, 0.25) is 5.91 Å². The molecule has 1 fully saturated rings. The average molecular weight is 175 g/mol. The summed E-state index contributed by atoms with van der Waals surface area (Å²) < 4.78 is 0. The quantitative estimate of drug-likeness (QED) is 0.744. The maximum Gasteiger partial charge on any atom is 0.221 e. The number of benzene rings is 1. The molecule has 68 valence electrons. The lowest BCUT2D eigenvalue weighted by molar-refractivity contribution is -0.117. The minimum atomic E-state index is -0.265. The van der Waals surface area contributed by atoms with Crippen LogP contribution in [0.1, 0.15) is 29.9 Å². The van der Waals surface area contributed by atoms with E-state index in [-0.39, 0.29) is 5.91 Å². The molecule has 1 aliphatic carbocycles. The van der Waals surface area contributed by atoms with Crippen molar-refractivity contribution >= 4 is 5.91 Å². The first-order chi connectivity index (χ1) is 6.25. The fraction of sp³-hybridized carbons (Fsp3) is 0.364. The monoisotopic (exact) mass is 175 g/mol. The van der Waals surface area contributed by atoms with Crippen LogP contribution in [0.3, 0.4) is 0 Å². The first kappa shape index (κ1) is 8.30. The topological polar surface area (TPSA) is 43.1 Å². The smallest absolute Gasteiger partial charge is 0.221 e. The molecular weight excluding hydrogens is 162 g/mol. The van der Waals surface area contributed by atoms with E-state index in [2.05, 4.69) is 12.1 Å². The van der Waals surface area contributed by atoms with E-state index in [0.29, 0.717) is 6.42 Å². The van der Waals surface area contributed by atoms with Gasteiger partial charge >= 0.3 is 0 Å². The molecule has 2 nitrogen and oxygen atoms in total. The van der Waals surface area contributed by atoms with Crippen LogP contribution >= 0.6 is 0 Å². The van der Waals surface area contributed by atoms with Gasteiger partial charge in [-0.05, 0) is 29.9 Å². The molecular formula is C11H13NO. The Balaban J connectivity index is 2.08. The summed E-state index contributed by atoms with van der Waals surface area (Å²) in [6.45, 7) is 0. The Kier molecular flexibility index (Phi) is 2.05. The number of carbonyl (C=O) groups is 1. The molecule has 1 saturated carbocycles. The lowest BCUT2D eigenvalue weighted by Gasteiger charge is -2.00. The summed E-state index contributed by atoms with van der Waals surface area (Å²) in [5.74, 6) is 0.516. The van der Waals surface area contributed by atoms with Gasteiger partial charge in [0.1, 0.15) is 0 Å². The minimum Gasteiger partial charge on any atom is -0.369 e. The van der Waals surface area contributed by atoms with Crippen molar-refractivity contribution in [3.05, 3.63) is 35.4 Å². The number of primary amides is 1. The van der Waals surface area contributed by atoms with Gasteiger partial charge in [-0.25, -0.2) is 0 Å². The molecule has 1 aromatic carbocycles. The molecule has 13 heavy (non-hydrogen) atoms. The van der Waals surface area contributed by atoms with Crippen molar-refractivity contribution in [3.63, 3.8) is 0 Å². The predicted molar refractivity (Wildman–Crippen MR) is 51.3 cm³/mol. The number of nitrogens with two attached hydrogens (primary N) is 1. The molecule has 0 radical (unpaired) electrons. The highest BCUT2D eigenvalue weighted by atomic mass is 16.1. The standard InChI is InChI=1S/C11H13NO/c12-11(13)7-8-1-3-9(4-2-8)10-5-6-10/h1-4,10H,5-7H2,(H2,12,13). The number of hydrogen-bond acceptors (Lipinski definition) is 1. The zero-order valence-corrected chi connectivity index (χ0v) is 7.49. The largest absolute Gasteiger partial charge is 0.369 e.